The van der Waals surface area contributed by atoms with E-state index in [1.54, 1.807) is 0 Å². The molecule has 2 aliphatic rings. The van der Waals surface area contributed by atoms with Crippen molar-refractivity contribution in [1.82, 2.24) is 9.80 Å². The number of carbonyl (C=O) groups excluding carboxylic acids is 1. The minimum atomic E-state index is 0.294. The maximum atomic E-state index is 12.1. The van der Waals surface area contributed by atoms with E-state index in [9.17, 15) is 4.79 Å². The predicted octanol–water partition coefficient (Wildman–Crippen LogP) is 3.47. The van der Waals surface area contributed by atoms with Crippen LogP contribution in [0.1, 0.15) is 50.2 Å². The first kappa shape index (κ1) is 16.5. The summed E-state index contributed by atoms with van der Waals surface area (Å²) in [7, 11) is 2.22. The molecular formula is C20H30N2O. The van der Waals surface area contributed by atoms with E-state index in [0.717, 1.165) is 12.5 Å². The average Bonchev–Trinajstić information content (AvgIpc) is 3.40. The standard InChI is InChI=1S/C20H30N2O/c1-3-20(23)22(19-8-9-19)15-18-6-4-16(5-7-18)14-17-10-12-21(2)13-11-17/h4-7,17,19H,3,8-15H2,1-2H3. The minimum absolute atomic E-state index is 0.294. The molecule has 0 aromatic heterocycles. The van der Waals surface area contributed by atoms with Crippen LogP contribution in [-0.2, 0) is 17.8 Å². The van der Waals surface area contributed by atoms with Gasteiger partial charge in [-0.1, -0.05) is 31.2 Å². The van der Waals surface area contributed by atoms with E-state index in [1.165, 1.54) is 56.3 Å². The van der Waals surface area contributed by atoms with Crippen molar-refractivity contribution in [1.29, 1.82) is 0 Å². The fourth-order valence-electron chi connectivity index (χ4n) is 3.59. The summed E-state index contributed by atoms with van der Waals surface area (Å²) in [5, 5.41) is 0. The first-order chi connectivity index (χ1) is 11.2. The van der Waals surface area contributed by atoms with Gasteiger partial charge in [-0.3, -0.25) is 4.79 Å². The Morgan fingerprint density at radius 2 is 1.70 bits per heavy atom. The highest BCUT2D eigenvalue weighted by Crippen LogP contribution is 2.29. The molecule has 0 spiro atoms. The number of amides is 1. The van der Waals surface area contributed by atoms with Crippen LogP contribution in [0.4, 0.5) is 0 Å². The van der Waals surface area contributed by atoms with Crippen LogP contribution in [0.25, 0.3) is 0 Å². The molecule has 1 aliphatic heterocycles. The minimum Gasteiger partial charge on any atom is -0.335 e. The summed E-state index contributed by atoms with van der Waals surface area (Å²) in [6.45, 7) is 5.21. The fourth-order valence-corrected chi connectivity index (χ4v) is 3.59. The summed E-state index contributed by atoms with van der Waals surface area (Å²) in [4.78, 5) is 16.6. The number of carbonyl (C=O) groups is 1. The summed E-state index contributed by atoms with van der Waals surface area (Å²) < 4.78 is 0. The topological polar surface area (TPSA) is 23.6 Å². The van der Waals surface area contributed by atoms with Gasteiger partial charge in [-0.15, -0.1) is 0 Å². The smallest absolute Gasteiger partial charge is 0.222 e. The summed E-state index contributed by atoms with van der Waals surface area (Å²) in [6, 6.07) is 9.50. The summed E-state index contributed by atoms with van der Waals surface area (Å²) in [5.74, 6) is 1.13. The maximum Gasteiger partial charge on any atom is 0.222 e. The van der Waals surface area contributed by atoms with E-state index in [2.05, 4.69) is 41.1 Å². The van der Waals surface area contributed by atoms with Crippen LogP contribution >= 0.6 is 0 Å². The van der Waals surface area contributed by atoms with Crippen molar-refractivity contribution in [2.45, 2.75) is 58.0 Å². The van der Waals surface area contributed by atoms with Gasteiger partial charge in [0.1, 0.15) is 0 Å². The van der Waals surface area contributed by atoms with Gasteiger partial charge in [-0.2, -0.15) is 0 Å². The zero-order valence-corrected chi connectivity index (χ0v) is 14.6. The third-order valence-electron chi connectivity index (χ3n) is 5.35. The second-order valence-corrected chi connectivity index (χ2v) is 7.37. The van der Waals surface area contributed by atoms with Crippen LogP contribution in [-0.4, -0.2) is 41.9 Å². The fraction of sp³-hybridized carbons (Fsp3) is 0.650. The Morgan fingerprint density at radius 1 is 1.09 bits per heavy atom. The first-order valence-electron chi connectivity index (χ1n) is 9.21. The Bertz CT molecular complexity index is 513. The zero-order chi connectivity index (χ0) is 16.2. The molecule has 1 aromatic carbocycles. The van der Waals surface area contributed by atoms with E-state index in [0.29, 0.717) is 18.4 Å². The van der Waals surface area contributed by atoms with E-state index in [4.69, 9.17) is 0 Å². The molecule has 23 heavy (non-hydrogen) atoms. The molecule has 1 saturated carbocycles. The maximum absolute atomic E-state index is 12.1. The van der Waals surface area contributed by atoms with Gasteiger partial charge in [-0.25, -0.2) is 0 Å². The molecule has 0 radical (unpaired) electrons. The third kappa shape index (κ3) is 4.57. The van der Waals surface area contributed by atoms with Gasteiger partial charge in [0.05, 0.1) is 0 Å². The number of benzene rings is 1. The lowest BCUT2D eigenvalue weighted by Gasteiger charge is -2.29. The molecule has 3 nitrogen and oxygen atoms in total. The summed E-state index contributed by atoms with van der Waals surface area (Å²) in [5.41, 5.74) is 2.72. The highest BCUT2D eigenvalue weighted by Gasteiger charge is 2.31. The van der Waals surface area contributed by atoms with Gasteiger partial charge in [0.25, 0.3) is 0 Å². The highest BCUT2D eigenvalue weighted by atomic mass is 16.2. The van der Waals surface area contributed by atoms with Gasteiger partial charge in [0.15, 0.2) is 0 Å². The molecular weight excluding hydrogens is 284 g/mol. The summed E-state index contributed by atoms with van der Waals surface area (Å²) >= 11 is 0. The van der Waals surface area contributed by atoms with Crippen LogP contribution in [0, 0.1) is 5.92 Å². The Hall–Kier alpha value is -1.35. The van der Waals surface area contributed by atoms with E-state index >= 15 is 0 Å². The lowest BCUT2D eigenvalue weighted by atomic mass is 9.90. The van der Waals surface area contributed by atoms with E-state index < -0.39 is 0 Å². The van der Waals surface area contributed by atoms with Gasteiger partial charge in [-0.05, 0) is 69.3 Å². The number of likely N-dealkylation sites (tertiary alicyclic amines) is 1. The van der Waals surface area contributed by atoms with Gasteiger partial charge in [0.2, 0.25) is 5.91 Å². The molecule has 0 N–H and O–H groups in total. The van der Waals surface area contributed by atoms with Crippen LogP contribution in [0.2, 0.25) is 0 Å². The molecule has 1 aromatic rings. The van der Waals surface area contributed by atoms with Crippen molar-refractivity contribution in [3.63, 3.8) is 0 Å². The second-order valence-electron chi connectivity index (χ2n) is 7.37. The number of rotatable bonds is 6. The van der Waals surface area contributed by atoms with Crippen molar-refractivity contribution in [3.8, 4) is 0 Å². The quantitative estimate of drug-likeness (QED) is 0.802. The lowest BCUT2D eigenvalue weighted by molar-refractivity contribution is -0.132. The Balaban J connectivity index is 1.55. The average molecular weight is 314 g/mol. The number of hydrogen-bond donors (Lipinski definition) is 0. The molecule has 0 unspecified atom stereocenters. The molecule has 1 amide bonds. The molecule has 0 atom stereocenters. The van der Waals surface area contributed by atoms with Crippen molar-refractivity contribution < 1.29 is 4.79 Å². The van der Waals surface area contributed by atoms with Gasteiger partial charge in [0, 0.05) is 19.0 Å². The van der Waals surface area contributed by atoms with Crippen LogP contribution in [0.15, 0.2) is 24.3 Å². The largest absolute Gasteiger partial charge is 0.335 e. The molecule has 1 aliphatic carbocycles. The van der Waals surface area contributed by atoms with Crippen LogP contribution < -0.4 is 0 Å². The Labute approximate surface area is 140 Å². The molecule has 0 bridgehead atoms. The van der Waals surface area contributed by atoms with Crippen LogP contribution in [0.5, 0.6) is 0 Å². The molecule has 1 heterocycles. The Morgan fingerprint density at radius 3 is 2.26 bits per heavy atom. The lowest BCUT2D eigenvalue weighted by Crippen LogP contribution is -2.32. The van der Waals surface area contributed by atoms with Crippen molar-refractivity contribution in [2.24, 2.45) is 5.92 Å². The molecule has 3 heteroatoms. The molecule has 126 valence electrons. The predicted molar refractivity (Wildman–Crippen MR) is 94.2 cm³/mol. The third-order valence-corrected chi connectivity index (χ3v) is 5.35. The molecule has 2 fully saturated rings. The van der Waals surface area contributed by atoms with Crippen molar-refractivity contribution >= 4 is 5.91 Å². The van der Waals surface area contributed by atoms with Crippen LogP contribution in [0.3, 0.4) is 0 Å². The van der Waals surface area contributed by atoms with Crippen molar-refractivity contribution in [2.75, 3.05) is 20.1 Å². The number of nitrogens with zero attached hydrogens (tertiary/aromatic N) is 2. The number of piperidine rings is 1. The number of hydrogen-bond acceptors (Lipinski definition) is 2. The van der Waals surface area contributed by atoms with Gasteiger partial charge < -0.3 is 9.80 Å². The summed E-state index contributed by atoms with van der Waals surface area (Å²) in [6.07, 6.45) is 6.82. The zero-order valence-electron chi connectivity index (χ0n) is 14.6. The van der Waals surface area contributed by atoms with E-state index in [-0.39, 0.29) is 0 Å². The monoisotopic (exact) mass is 314 g/mol. The Kier molecular flexibility index (Phi) is 5.37. The highest BCUT2D eigenvalue weighted by molar-refractivity contribution is 5.76. The molecule has 1 saturated heterocycles. The van der Waals surface area contributed by atoms with E-state index in [1.807, 2.05) is 6.92 Å². The second kappa shape index (κ2) is 7.48. The first-order valence-corrected chi connectivity index (χ1v) is 9.21. The van der Waals surface area contributed by atoms with Crippen molar-refractivity contribution in [3.05, 3.63) is 35.4 Å². The van der Waals surface area contributed by atoms with Gasteiger partial charge >= 0.3 is 0 Å². The molecule has 3 rings (SSSR count). The normalized spacial score (nSPS) is 19.7. The SMILES string of the molecule is CCC(=O)N(Cc1ccc(CC2CCN(C)CC2)cc1)C1CC1.